The summed E-state index contributed by atoms with van der Waals surface area (Å²) in [5.74, 6) is 2.17. The van der Waals surface area contributed by atoms with E-state index in [1.54, 1.807) is 5.57 Å². The molecular formula is C25H42NO. The summed E-state index contributed by atoms with van der Waals surface area (Å²) in [6.45, 7) is 14.8. The van der Waals surface area contributed by atoms with Crippen molar-refractivity contribution in [2.45, 2.75) is 92.2 Å². The summed E-state index contributed by atoms with van der Waals surface area (Å²) < 4.78 is 0. The minimum atomic E-state index is -0.180. The van der Waals surface area contributed by atoms with Gasteiger partial charge in [0.05, 0.1) is 6.10 Å². The van der Waals surface area contributed by atoms with Crippen LogP contribution in [-0.4, -0.2) is 23.8 Å². The van der Waals surface area contributed by atoms with E-state index in [0.29, 0.717) is 23.3 Å². The molecule has 1 radical (unpaired) electrons. The first-order valence-corrected chi connectivity index (χ1v) is 11.3. The number of aliphatic hydroxyl groups excluding tert-OH is 1. The third-order valence-electron chi connectivity index (χ3n) is 7.84. The molecule has 0 spiro atoms. The Labute approximate surface area is 167 Å². The fourth-order valence-electron chi connectivity index (χ4n) is 5.59. The highest BCUT2D eigenvalue weighted by atomic mass is 16.3. The third-order valence-corrected chi connectivity index (χ3v) is 7.84. The van der Waals surface area contributed by atoms with Crippen LogP contribution in [0.4, 0.5) is 0 Å². The quantitative estimate of drug-likeness (QED) is 0.574. The highest BCUT2D eigenvalue weighted by Crippen LogP contribution is 2.50. The van der Waals surface area contributed by atoms with Crippen molar-refractivity contribution in [3.63, 3.8) is 0 Å². The van der Waals surface area contributed by atoms with Gasteiger partial charge in [-0.15, -0.1) is 0 Å². The maximum Gasteiger partial charge on any atom is 0.0580 e. The Hall–Kier alpha value is -0.600. The molecule has 2 nitrogen and oxygen atoms in total. The Morgan fingerprint density at radius 1 is 1.15 bits per heavy atom. The van der Waals surface area contributed by atoms with Crippen molar-refractivity contribution in [2.24, 2.45) is 28.6 Å². The van der Waals surface area contributed by atoms with E-state index in [1.165, 1.54) is 44.1 Å². The summed E-state index contributed by atoms with van der Waals surface area (Å²) in [5.41, 5.74) is 3.50. The topological polar surface area (TPSA) is 32.3 Å². The normalized spacial score (nSPS) is 31.4. The summed E-state index contributed by atoms with van der Waals surface area (Å²) in [6, 6.07) is 0.569. The smallest absolute Gasteiger partial charge is 0.0580 e. The van der Waals surface area contributed by atoms with Crippen LogP contribution in [0.5, 0.6) is 0 Å². The Kier molecular flexibility index (Phi) is 6.28. The molecule has 0 aromatic carbocycles. The van der Waals surface area contributed by atoms with Gasteiger partial charge >= 0.3 is 0 Å². The lowest BCUT2D eigenvalue weighted by Gasteiger charge is -2.44. The Morgan fingerprint density at radius 2 is 1.85 bits per heavy atom. The molecular weight excluding hydrogens is 330 g/mol. The Morgan fingerprint density at radius 3 is 2.33 bits per heavy atom. The van der Waals surface area contributed by atoms with Crippen molar-refractivity contribution in [2.75, 3.05) is 6.54 Å². The van der Waals surface area contributed by atoms with Gasteiger partial charge in [-0.2, -0.15) is 0 Å². The average molecular weight is 373 g/mol. The molecule has 4 atom stereocenters. The van der Waals surface area contributed by atoms with Crippen LogP contribution in [0, 0.1) is 35.0 Å². The van der Waals surface area contributed by atoms with E-state index >= 15 is 0 Å². The summed E-state index contributed by atoms with van der Waals surface area (Å²) in [5, 5.41) is 13.9. The maximum absolute atomic E-state index is 10.1. The van der Waals surface area contributed by atoms with Crippen LogP contribution in [0.25, 0.3) is 0 Å². The molecule has 2 N–H and O–H groups in total. The molecule has 0 bridgehead atoms. The average Bonchev–Trinajstić information content (AvgIpc) is 3.25. The van der Waals surface area contributed by atoms with E-state index in [9.17, 15) is 5.11 Å². The van der Waals surface area contributed by atoms with Crippen molar-refractivity contribution in [1.29, 1.82) is 0 Å². The predicted molar refractivity (Wildman–Crippen MR) is 115 cm³/mol. The highest BCUT2D eigenvalue weighted by molar-refractivity contribution is 5.42. The van der Waals surface area contributed by atoms with Crippen molar-refractivity contribution in [3.8, 4) is 0 Å². The minimum absolute atomic E-state index is 0.166. The largest absolute Gasteiger partial charge is 0.393 e. The molecule has 3 rings (SSSR count). The zero-order chi connectivity index (χ0) is 19.8. The zero-order valence-electron chi connectivity index (χ0n) is 18.5. The van der Waals surface area contributed by atoms with Crippen molar-refractivity contribution >= 4 is 0 Å². The molecule has 3 aliphatic carbocycles. The standard InChI is InChI=1S/C25H42NO/c1-17(2)23(26-16-25(11-12-25)19(4)27)14-20-8-10-22(24(5,6)15-20)21-9-7-18(3)13-21/h7,9,13,17,19-20,22-23,26-27H,8,10-12,14-16H2,1-6H3/t19?,20?,22?,23-/m0/s1. The minimum Gasteiger partial charge on any atom is -0.393 e. The molecule has 2 heteroatoms. The molecule has 0 amide bonds. The lowest BCUT2D eigenvalue weighted by Crippen LogP contribution is -2.43. The van der Waals surface area contributed by atoms with Crippen LogP contribution in [0.3, 0.4) is 0 Å². The van der Waals surface area contributed by atoms with Crippen LogP contribution >= 0.6 is 0 Å². The molecule has 2 fully saturated rings. The predicted octanol–water partition coefficient (Wildman–Crippen LogP) is 5.68. The molecule has 3 aliphatic rings. The summed E-state index contributed by atoms with van der Waals surface area (Å²) >= 11 is 0. The fourth-order valence-corrected chi connectivity index (χ4v) is 5.59. The Balaban J connectivity index is 1.55. The first-order valence-electron chi connectivity index (χ1n) is 11.3. The SMILES string of the molecule is CC1=CC=C(C2CCC(C[C@H](NCC3(C(C)O)CC3)C(C)C)CC2(C)C)[CH]1. The van der Waals surface area contributed by atoms with Gasteiger partial charge in [-0.3, -0.25) is 0 Å². The van der Waals surface area contributed by atoms with Gasteiger partial charge in [0.2, 0.25) is 0 Å². The first kappa shape index (κ1) is 21.1. The van der Waals surface area contributed by atoms with E-state index in [2.05, 4.69) is 58.5 Å². The lowest BCUT2D eigenvalue weighted by atomic mass is 9.61. The number of hydrogen-bond acceptors (Lipinski definition) is 2. The number of nitrogens with one attached hydrogen (secondary N) is 1. The molecule has 2 saturated carbocycles. The van der Waals surface area contributed by atoms with E-state index < -0.39 is 0 Å². The van der Waals surface area contributed by atoms with Crippen molar-refractivity contribution in [3.05, 3.63) is 29.7 Å². The van der Waals surface area contributed by atoms with Gasteiger partial charge in [-0.05, 0) is 75.5 Å². The van der Waals surface area contributed by atoms with Crippen LogP contribution < -0.4 is 5.32 Å². The summed E-state index contributed by atoms with van der Waals surface area (Å²) in [4.78, 5) is 0. The van der Waals surface area contributed by atoms with E-state index in [-0.39, 0.29) is 11.5 Å². The Bertz CT molecular complexity index is 579. The van der Waals surface area contributed by atoms with Gasteiger partial charge in [-0.1, -0.05) is 51.0 Å². The second-order valence-corrected chi connectivity index (χ2v) is 10.9. The molecule has 153 valence electrons. The number of allylic oxidation sites excluding steroid dienone is 4. The van der Waals surface area contributed by atoms with Crippen LogP contribution in [0.1, 0.15) is 80.1 Å². The summed E-state index contributed by atoms with van der Waals surface area (Å²) in [7, 11) is 0. The molecule has 27 heavy (non-hydrogen) atoms. The van der Waals surface area contributed by atoms with E-state index in [1.807, 2.05) is 6.92 Å². The second-order valence-electron chi connectivity index (χ2n) is 10.9. The van der Waals surface area contributed by atoms with Gasteiger partial charge in [0.25, 0.3) is 0 Å². The number of rotatable bonds is 8. The van der Waals surface area contributed by atoms with Crippen LogP contribution in [0.2, 0.25) is 0 Å². The molecule has 0 aromatic rings. The number of aliphatic hydroxyl groups is 1. The fraction of sp³-hybridized carbons (Fsp3) is 0.800. The van der Waals surface area contributed by atoms with Gasteiger partial charge in [0, 0.05) is 24.4 Å². The molecule has 0 heterocycles. The number of hydrogen-bond donors (Lipinski definition) is 2. The van der Waals surface area contributed by atoms with E-state index in [4.69, 9.17) is 0 Å². The van der Waals surface area contributed by atoms with Crippen molar-refractivity contribution < 1.29 is 5.11 Å². The third kappa shape index (κ3) is 4.88. The second kappa shape index (κ2) is 8.03. The van der Waals surface area contributed by atoms with Gasteiger partial charge < -0.3 is 10.4 Å². The molecule has 0 aliphatic heterocycles. The lowest BCUT2D eigenvalue weighted by molar-refractivity contribution is 0.0921. The summed E-state index contributed by atoms with van der Waals surface area (Å²) in [6.07, 6.45) is 14.5. The first-order chi connectivity index (χ1) is 12.6. The van der Waals surface area contributed by atoms with Crippen molar-refractivity contribution in [1.82, 2.24) is 5.32 Å². The van der Waals surface area contributed by atoms with Crippen LogP contribution in [0.15, 0.2) is 23.3 Å². The monoisotopic (exact) mass is 372 g/mol. The molecule has 0 aromatic heterocycles. The van der Waals surface area contributed by atoms with E-state index in [0.717, 1.165) is 12.5 Å². The van der Waals surface area contributed by atoms with Gasteiger partial charge in [0.1, 0.15) is 0 Å². The maximum atomic E-state index is 10.1. The van der Waals surface area contributed by atoms with Gasteiger partial charge in [-0.25, -0.2) is 0 Å². The highest BCUT2D eigenvalue weighted by Gasteiger charge is 2.47. The van der Waals surface area contributed by atoms with Crippen LogP contribution in [-0.2, 0) is 0 Å². The molecule has 0 saturated heterocycles. The molecule has 3 unspecified atom stereocenters. The van der Waals surface area contributed by atoms with Gasteiger partial charge in [0.15, 0.2) is 0 Å². The zero-order valence-corrected chi connectivity index (χ0v) is 18.5.